The quantitative estimate of drug-likeness (QED) is 0.559. The number of rotatable bonds is 4. The van der Waals surface area contributed by atoms with E-state index in [0.29, 0.717) is 16.3 Å². The summed E-state index contributed by atoms with van der Waals surface area (Å²) in [7, 11) is -3.62. The van der Waals surface area contributed by atoms with Gasteiger partial charge in [0.15, 0.2) is 5.82 Å². The number of nitrogens with one attached hydrogen (secondary N) is 2. The van der Waals surface area contributed by atoms with Crippen molar-refractivity contribution in [2.24, 2.45) is 17.7 Å². The Labute approximate surface area is 126 Å². The second-order valence-electron chi connectivity index (χ2n) is 5.55. The van der Waals surface area contributed by atoms with Crippen molar-refractivity contribution in [2.75, 3.05) is 5.43 Å². The van der Waals surface area contributed by atoms with Crippen LogP contribution in [-0.2, 0) is 10.0 Å². The van der Waals surface area contributed by atoms with Crippen molar-refractivity contribution in [3.05, 3.63) is 16.7 Å². The highest BCUT2D eigenvalue weighted by Crippen LogP contribution is 2.45. The number of aromatic nitrogens is 1. The van der Waals surface area contributed by atoms with Crippen molar-refractivity contribution in [2.45, 2.75) is 36.6 Å². The van der Waals surface area contributed by atoms with Crippen molar-refractivity contribution >= 4 is 31.8 Å². The molecule has 0 aromatic carbocycles. The molecule has 6 nitrogen and oxygen atoms in total. The molecular weight excluding hydrogens is 344 g/mol. The fourth-order valence-electron chi connectivity index (χ4n) is 3.39. The molecule has 2 aliphatic rings. The number of hydrogen-bond donors (Lipinski definition) is 3. The summed E-state index contributed by atoms with van der Waals surface area (Å²) in [4.78, 5) is 4.06. The zero-order chi connectivity index (χ0) is 14.3. The molecular formula is C12H17BrN4O2S. The topological polar surface area (TPSA) is 97.1 Å². The molecule has 110 valence electrons. The summed E-state index contributed by atoms with van der Waals surface area (Å²) in [6.45, 7) is 0. The summed E-state index contributed by atoms with van der Waals surface area (Å²) < 4.78 is 28.5. The molecule has 4 N–H and O–H groups in total. The predicted molar refractivity (Wildman–Crippen MR) is 79.3 cm³/mol. The molecule has 1 aromatic rings. The molecule has 3 unspecified atom stereocenters. The zero-order valence-electron chi connectivity index (χ0n) is 10.8. The second-order valence-corrected chi connectivity index (χ2v) is 8.15. The Balaban J connectivity index is 1.86. The maximum Gasteiger partial charge on any atom is 0.244 e. The van der Waals surface area contributed by atoms with Gasteiger partial charge in [-0.15, -0.1) is 0 Å². The van der Waals surface area contributed by atoms with Gasteiger partial charge in [0.2, 0.25) is 10.0 Å². The third kappa shape index (κ3) is 2.57. The van der Waals surface area contributed by atoms with Crippen LogP contribution in [0.5, 0.6) is 0 Å². The average Bonchev–Trinajstić information content (AvgIpc) is 3.00. The highest BCUT2D eigenvalue weighted by atomic mass is 79.9. The summed E-state index contributed by atoms with van der Waals surface area (Å²) in [6, 6.07) is 1.56. The van der Waals surface area contributed by atoms with Gasteiger partial charge in [0.05, 0.1) is 0 Å². The van der Waals surface area contributed by atoms with E-state index in [2.05, 4.69) is 31.1 Å². The van der Waals surface area contributed by atoms with E-state index in [-0.39, 0.29) is 16.8 Å². The van der Waals surface area contributed by atoms with Crippen molar-refractivity contribution < 1.29 is 8.42 Å². The molecule has 0 radical (unpaired) electrons. The normalized spacial score (nSPS) is 28.8. The molecule has 2 fully saturated rings. The number of halogens is 1. The van der Waals surface area contributed by atoms with Gasteiger partial charge in [-0.05, 0) is 53.1 Å². The minimum Gasteiger partial charge on any atom is -0.307 e. The highest BCUT2D eigenvalue weighted by Gasteiger charge is 2.41. The molecule has 20 heavy (non-hydrogen) atoms. The van der Waals surface area contributed by atoms with E-state index in [4.69, 9.17) is 5.84 Å². The van der Waals surface area contributed by atoms with Crippen LogP contribution in [0.4, 0.5) is 5.82 Å². The Morgan fingerprint density at radius 1 is 1.35 bits per heavy atom. The van der Waals surface area contributed by atoms with E-state index in [9.17, 15) is 8.42 Å². The summed E-state index contributed by atoms with van der Waals surface area (Å²) in [5.74, 6) is 6.66. The summed E-state index contributed by atoms with van der Waals surface area (Å²) in [6.07, 6.45) is 5.95. The Hall–Kier alpha value is -0.700. The number of nitrogen functional groups attached to an aromatic ring is 1. The molecule has 2 bridgehead atoms. The van der Waals surface area contributed by atoms with Gasteiger partial charge in [0.1, 0.15) is 4.90 Å². The second kappa shape index (κ2) is 5.25. The van der Waals surface area contributed by atoms with Gasteiger partial charge in [0.25, 0.3) is 0 Å². The van der Waals surface area contributed by atoms with E-state index in [1.807, 2.05) is 0 Å². The maximum absolute atomic E-state index is 12.5. The van der Waals surface area contributed by atoms with E-state index < -0.39 is 10.0 Å². The van der Waals surface area contributed by atoms with Crippen LogP contribution < -0.4 is 16.0 Å². The van der Waals surface area contributed by atoms with E-state index in [0.717, 1.165) is 19.3 Å². The van der Waals surface area contributed by atoms with Gasteiger partial charge in [-0.3, -0.25) is 0 Å². The number of pyridine rings is 1. The number of nitrogens with zero attached hydrogens (tertiary/aromatic N) is 1. The molecule has 0 amide bonds. The van der Waals surface area contributed by atoms with Crippen LogP contribution in [0.3, 0.4) is 0 Å². The Bertz CT molecular complexity index is 622. The monoisotopic (exact) mass is 360 g/mol. The van der Waals surface area contributed by atoms with Crippen LogP contribution in [-0.4, -0.2) is 19.4 Å². The standard InChI is InChI=1S/C12H17BrN4O2S/c13-9-5-11(12(16-14)15-6-9)20(18,19)17-10-4-7-1-2-8(10)3-7/h5-8,10,17H,1-4,14H2,(H,15,16). The fourth-order valence-corrected chi connectivity index (χ4v) is 5.33. The van der Waals surface area contributed by atoms with Crippen LogP contribution in [0.2, 0.25) is 0 Å². The van der Waals surface area contributed by atoms with Gasteiger partial charge >= 0.3 is 0 Å². The molecule has 3 atom stereocenters. The molecule has 1 heterocycles. The lowest BCUT2D eigenvalue weighted by Gasteiger charge is -2.23. The predicted octanol–water partition coefficient (Wildman–Crippen LogP) is 1.60. The largest absolute Gasteiger partial charge is 0.307 e. The maximum atomic E-state index is 12.5. The molecule has 0 spiro atoms. The molecule has 0 saturated heterocycles. The fraction of sp³-hybridized carbons (Fsp3) is 0.583. The van der Waals surface area contributed by atoms with E-state index in [1.165, 1.54) is 18.7 Å². The molecule has 3 rings (SSSR count). The van der Waals surface area contributed by atoms with Crippen LogP contribution in [0.1, 0.15) is 25.7 Å². The van der Waals surface area contributed by atoms with Crippen molar-refractivity contribution in [1.29, 1.82) is 0 Å². The Kier molecular flexibility index (Phi) is 3.74. The van der Waals surface area contributed by atoms with Crippen molar-refractivity contribution in [3.63, 3.8) is 0 Å². The van der Waals surface area contributed by atoms with Gasteiger partial charge in [-0.2, -0.15) is 0 Å². The number of sulfonamides is 1. The SMILES string of the molecule is NNc1ncc(Br)cc1S(=O)(=O)NC1CC2CCC1C2. The number of anilines is 1. The van der Waals surface area contributed by atoms with Gasteiger partial charge in [-0.1, -0.05) is 6.42 Å². The van der Waals surface area contributed by atoms with Gasteiger partial charge in [-0.25, -0.2) is 24.0 Å². The molecule has 2 aliphatic carbocycles. The smallest absolute Gasteiger partial charge is 0.244 e. The molecule has 1 aromatic heterocycles. The van der Waals surface area contributed by atoms with Crippen molar-refractivity contribution in [1.82, 2.24) is 9.71 Å². The van der Waals surface area contributed by atoms with E-state index >= 15 is 0 Å². The van der Waals surface area contributed by atoms with Crippen molar-refractivity contribution in [3.8, 4) is 0 Å². The lowest BCUT2D eigenvalue weighted by atomic mass is 9.96. The zero-order valence-corrected chi connectivity index (χ0v) is 13.2. The first-order valence-electron chi connectivity index (χ1n) is 6.64. The lowest BCUT2D eigenvalue weighted by Crippen LogP contribution is -2.38. The van der Waals surface area contributed by atoms with Gasteiger partial charge < -0.3 is 5.43 Å². The minimum atomic E-state index is -3.62. The first-order chi connectivity index (χ1) is 9.49. The molecule has 0 aliphatic heterocycles. The van der Waals surface area contributed by atoms with Gasteiger partial charge in [0, 0.05) is 16.7 Å². The molecule has 8 heteroatoms. The lowest BCUT2D eigenvalue weighted by molar-refractivity contribution is 0.390. The Morgan fingerprint density at radius 3 is 2.75 bits per heavy atom. The number of fused-ring (bicyclic) bond motifs is 2. The summed E-state index contributed by atoms with van der Waals surface area (Å²) in [5, 5.41) is 0. The summed E-state index contributed by atoms with van der Waals surface area (Å²) >= 11 is 3.24. The third-order valence-electron chi connectivity index (χ3n) is 4.29. The van der Waals surface area contributed by atoms with E-state index in [1.54, 1.807) is 0 Å². The van der Waals surface area contributed by atoms with Crippen LogP contribution in [0, 0.1) is 11.8 Å². The van der Waals surface area contributed by atoms with Crippen LogP contribution in [0.15, 0.2) is 21.6 Å². The summed E-state index contributed by atoms with van der Waals surface area (Å²) in [5.41, 5.74) is 2.34. The number of hydrogen-bond acceptors (Lipinski definition) is 5. The van der Waals surface area contributed by atoms with Crippen LogP contribution in [0.25, 0.3) is 0 Å². The number of nitrogens with two attached hydrogens (primary N) is 1. The highest BCUT2D eigenvalue weighted by molar-refractivity contribution is 9.10. The van der Waals surface area contributed by atoms with Crippen LogP contribution >= 0.6 is 15.9 Å². The number of hydrazine groups is 1. The molecule has 2 saturated carbocycles. The first-order valence-corrected chi connectivity index (χ1v) is 8.91. The average molecular weight is 361 g/mol. The third-order valence-corrected chi connectivity index (χ3v) is 6.23. The first kappa shape index (κ1) is 14.2. The Morgan fingerprint density at radius 2 is 2.15 bits per heavy atom. The minimum absolute atomic E-state index is 0.0448.